The van der Waals surface area contributed by atoms with Crippen LogP contribution in [0.15, 0.2) is 36.7 Å². The van der Waals surface area contributed by atoms with Gasteiger partial charge in [-0.2, -0.15) is 9.97 Å². The highest BCUT2D eigenvalue weighted by atomic mass is 16.5. The number of hydrogen-bond donors (Lipinski definition) is 4. The monoisotopic (exact) mass is 399 g/mol. The molecule has 1 fully saturated rings. The van der Waals surface area contributed by atoms with E-state index in [1.54, 1.807) is 4.57 Å². The Balaban J connectivity index is 1.71. The number of aliphatic hydroxyl groups excluding tert-OH is 2. The predicted octanol–water partition coefficient (Wildman–Crippen LogP) is 1.04. The molecule has 9 nitrogen and oxygen atoms in total. The van der Waals surface area contributed by atoms with Crippen LogP contribution < -0.4 is 10.5 Å². The van der Waals surface area contributed by atoms with Crippen LogP contribution in [0.4, 0.5) is 5.95 Å². The first-order chi connectivity index (χ1) is 14.0. The molecule has 1 aliphatic rings. The second-order valence-corrected chi connectivity index (χ2v) is 7.47. The van der Waals surface area contributed by atoms with Crippen LogP contribution in [0, 0.1) is 5.92 Å². The molecule has 29 heavy (non-hydrogen) atoms. The molecular weight excluding hydrogens is 374 g/mol. The molecule has 9 heteroatoms. The van der Waals surface area contributed by atoms with Gasteiger partial charge in [-0.3, -0.25) is 0 Å². The van der Waals surface area contributed by atoms with Gasteiger partial charge in [0, 0.05) is 5.92 Å². The molecule has 0 bridgehead atoms. The summed E-state index contributed by atoms with van der Waals surface area (Å²) in [5.74, 6) is -0.198. The van der Waals surface area contributed by atoms with Crippen molar-refractivity contribution in [1.29, 1.82) is 0 Å². The zero-order chi connectivity index (χ0) is 20.6. The van der Waals surface area contributed by atoms with E-state index in [1.165, 1.54) is 6.33 Å². The average Bonchev–Trinajstić information content (AvgIpc) is 3.25. The molecule has 0 aliphatic heterocycles. The van der Waals surface area contributed by atoms with Crippen molar-refractivity contribution in [3.8, 4) is 5.88 Å². The van der Waals surface area contributed by atoms with E-state index in [0.29, 0.717) is 24.2 Å². The largest absolute Gasteiger partial charge is 0.471 e. The van der Waals surface area contributed by atoms with E-state index >= 15 is 0 Å². The third kappa shape index (κ3) is 3.31. The Labute approximate surface area is 167 Å². The van der Waals surface area contributed by atoms with Crippen molar-refractivity contribution in [3.63, 3.8) is 0 Å². The van der Waals surface area contributed by atoms with E-state index < -0.39 is 30.3 Å². The van der Waals surface area contributed by atoms with Gasteiger partial charge in [-0.05, 0) is 18.4 Å². The van der Waals surface area contributed by atoms with Crippen LogP contribution in [-0.4, -0.2) is 53.2 Å². The van der Waals surface area contributed by atoms with Crippen molar-refractivity contribution in [3.05, 3.63) is 42.2 Å². The molecule has 0 unspecified atom stereocenters. The summed E-state index contributed by atoms with van der Waals surface area (Å²) >= 11 is 0. The Morgan fingerprint density at radius 1 is 1.28 bits per heavy atom. The molecule has 0 spiro atoms. The molecule has 5 N–H and O–H groups in total. The SMILES string of the molecule is CC[C@@H]1[C@@H](O)C[C@H](n2cnc3c(OCc4ccccc4)nc(N)nc32)[C@]1(O)CO. The summed E-state index contributed by atoms with van der Waals surface area (Å²) in [6.45, 7) is 1.68. The first kappa shape index (κ1) is 19.6. The molecule has 3 aromatic rings. The number of rotatable bonds is 6. The minimum absolute atomic E-state index is 0.0143. The fourth-order valence-electron chi connectivity index (χ4n) is 4.34. The summed E-state index contributed by atoms with van der Waals surface area (Å²) in [4.78, 5) is 12.8. The molecular formula is C20H25N5O4. The van der Waals surface area contributed by atoms with Crippen LogP contribution in [0.3, 0.4) is 0 Å². The maximum absolute atomic E-state index is 11.1. The molecule has 0 radical (unpaired) electrons. The number of fused-ring (bicyclic) bond motifs is 1. The topological polar surface area (TPSA) is 140 Å². The molecule has 154 valence electrons. The maximum atomic E-state index is 11.1. The fraction of sp³-hybridized carbons (Fsp3) is 0.450. The van der Waals surface area contributed by atoms with Crippen molar-refractivity contribution in [2.45, 2.75) is 44.1 Å². The standard InChI is InChI=1S/C20H25N5O4/c1-2-13-14(27)8-15(20(13,28)10-26)25-11-22-16-17(25)23-19(21)24-18(16)29-9-12-6-4-3-5-7-12/h3-7,11,13-15,26-28H,2,8-10H2,1H3,(H2,21,23,24)/t13-,14+,15+,20+/m1/s1. The van der Waals surface area contributed by atoms with Crippen LogP contribution in [-0.2, 0) is 6.61 Å². The Bertz CT molecular complexity index is 995. The van der Waals surface area contributed by atoms with Crippen LogP contribution in [0.1, 0.15) is 31.4 Å². The number of aromatic nitrogens is 4. The van der Waals surface area contributed by atoms with Gasteiger partial charge in [-0.1, -0.05) is 37.3 Å². The number of nitrogens with two attached hydrogens (primary N) is 1. The fourth-order valence-corrected chi connectivity index (χ4v) is 4.34. The quantitative estimate of drug-likeness (QED) is 0.482. The molecule has 1 aliphatic carbocycles. The van der Waals surface area contributed by atoms with Gasteiger partial charge in [0.1, 0.15) is 12.2 Å². The van der Waals surface area contributed by atoms with E-state index in [9.17, 15) is 15.3 Å². The summed E-state index contributed by atoms with van der Waals surface area (Å²) in [5, 5.41) is 31.5. The lowest BCUT2D eigenvalue weighted by Gasteiger charge is -2.34. The minimum Gasteiger partial charge on any atom is -0.471 e. The van der Waals surface area contributed by atoms with E-state index in [4.69, 9.17) is 10.5 Å². The van der Waals surface area contributed by atoms with E-state index in [-0.39, 0.29) is 18.2 Å². The van der Waals surface area contributed by atoms with E-state index in [0.717, 1.165) is 5.56 Å². The highest BCUT2D eigenvalue weighted by Gasteiger charge is 2.54. The zero-order valence-electron chi connectivity index (χ0n) is 16.1. The minimum atomic E-state index is -1.49. The number of benzene rings is 1. The molecule has 0 amide bonds. The first-order valence-corrected chi connectivity index (χ1v) is 9.66. The van der Waals surface area contributed by atoms with Gasteiger partial charge in [0.05, 0.1) is 25.1 Å². The number of ether oxygens (including phenoxy) is 1. The van der Waals surface area contributed by atoms with Crippen molar-refractivity contribution >= 4 is 17.1 Å². The van der Waals surface area contributed by atoms with Gasteiger partial charge in [-0.25, -0.2) is 4.98 Å². The normalized spacial score (nSPS) is 26.8. The Morgan fingerprint density at radius 3 is 2.72 bits per heavy atom. The summed E-state index contributed by atoms with van der Waals surface area (Å²) in [7, 11) is 0. The third-order valence-electron chi connectivity index (χ3n) is 5.80. The van der Waals surface area contributed by atoms with Gasteiger partial charge >= 0.3 is 0 Å². The predicted molar refractivity (Wildman–Crippen MR) is 106 cm³/mol. The lowest BCUT2D eigenvalue weighted by molar-refractivity contribution is -0.0853. The van der Waals surface area contributed by atoms with Crippen LogP contribution in [0.5, 0.6) is 5.88 Å². The highest BCUT2D eigenvalue weighted by Crippen LogP contribution is 2.46. The summed E-state index contributed by atoms with van der Waals surface area (Å²) in [6.07, 6.45) is 1.58. The van der Waals surface area contributed by atoms with Crippen LogP contribution in [0.25, 0.3) is 11.2 Å². The second-order valence-electron chi connectivity index (χ2n) is 7.47. The van der Waals surface area contributed by atoms with E-state index in [2.05, 4.69) is 15.0 Å². The molecule has 0 saturated heterocycles. The van der Waals surface area contributed by atoms with Gasteiger partial charge in [0.15, 0.2) is 11.2 Å². The Kier molecular flexibility index (Phi) is 5.12. The summed E-state index contributed by atoms with van der Waals surface area (Å²) in [6, 6.07) is 9.03. The lowest BCUT2D eigenvalue weighted by atomic mass is 9.86. The number of nitrogen functional groups attached to an aromatic ring is 1. The number of anilines is 1. The molecule has 2 aromatic heterocycles. The van der Waals surface area contributed by atoms with Gasteiger partial charge in [0.25, 0.3) is 0 Å². The van der Waals surface area contributed by atoms with Crippen molar-refractivity contribution in [2.24, 2.45) is 5.92 Å². The van der Waals surface area contributed by atoms with Gasteiger partial charge in [0.2, 0.25) is 11.8 Å². The lowest BCUT2D eigenvalue weighted by Crippen LogP contribution is -2.45. The number of hydrogen-bond acceptors (Lipinski definition) is 8. The summed E-state index contributed by atoms with van der Waals surface area (Å²) < 4.78 is 7.49. The first-order valence-electron chi connectivity index (χ1n) is 9.66. The van der Waals surface area contributed by atoms with Crippen molar-refractivity contribution in [1.82, 2.24) is 19.5 Å². The van der Waals surface area contributed by atoms with Crippen molar-refractivity contribution in [2.75, 3.05) is 12.3 Å². The van der Waals surface area contributed by atoms with Crippen molar-refractivity contribution < 1.29 is 20.1 Å². The third-order valence-corrected chi connectivity index (χ3v) is 5.80. The number of aliphatic hydroxyl groups is 3. The second kappa shape index (κ2) is 7.58. The van der Waals surface area contributed by atoms with Crippen LogP contribution >= 0.6 is 0 Å². The zero-order valence-corrected chi connectivity index (χ0v) is 16.1. The Morgan fingerprint density at radius 2 is 2.03 bits per heavy atom. The number of imidazole rings is 1. The van der Waals surface area contributed by atoms with Gasteiger partial charge in [-0.15, -0.1) is 0 Å². The molecule has 2 heterocycles. The van der Waals surface area contributed by atoms with E-state index in [1.807, 2.05) is 37.3 Å². The summed E-state index contributed by atoms with van der Waals surface area (Å²) in [5.41, 5.74) is 6.17. The smallest absolute Gasteiger partial charge is 0.247 e. The molecule has 4 atom stereocenters. The number of nitrogens with zero attached hydrogens (tertiary/aromatic N) is 4. The highest BCUT2D eigenvalue weighted by molar-refractivity contribution is 5.77. The average molecular weight is 399 g/mol. The van der Waals surface area contributed by atoms with Crippen LogP contribution in [0.2, 0.25) is 0 Å². The Hall–Kier alpha value is -2.75. The maximum Gasteiger partial charge on any atom is 0.247 e. The van der Waals surface area contributed by atoms with Gasteiger partial charge < -0.3 is 30.4 Å². The molecule has 1 aromatic carbocycles. The molecule has 1 saturated carbocycles. The molecule has 4 rings (SSSR count).